The van der Waals surface area contributed by atoms with Crippen molar-refractivity contribution in [1.82, 2.24) is 0 Å². The fraction of sp³-hybridized carbons (Fsp3) is 0.286. The molecule has 1 nitrogen and oxygen atoms in total. The van der Waals surface area contributed by atoms with Gasteiger partial charge in [-0.25, -0.2) is 0 Å². The van der Waals surface area contributed by atoms with Gasteiger partial charge in [0, 0.05) is 11.9 Å². The first-order valence-corrected chi connectivity index (χ1v) is 3.06. The van der Waals surface area contributed by atoms with E-state index < -0.39 is 0 Å². The number of nitrogens with zero attached hydrogens (tertiary/aromatic N) is 1. The predicted molar refractivity (Wildman–Crippen MR) is 42.9 cm³/mol. The molecule has 0 spiro atoms. The molecule has 0 aromatic heterocycles. The van der Waals surface area contributed by atoms with Crippen LogP contribution in [0.4, 0.5) is 0 Å². The van der Waals surface area contributed by atoms with Crippen LogP contribution in [0.25, 0.3) is 0 Å². The van der Waals surface area contributed by atoms with Crippen molar-refractivity contribution < 1.29 is 0 Å². The third-order valence-corrected chi connectivity index (χ3v) is 0.924. The van der Waals surface area contributed by atoms with Crippen LogP contribution in [0.5, 0.6) is 0 Å². The van der Waals surface area contributed by atoms with Crippen molar-refractivity contribution in [1.29, 1.82) is 0 Å². The number of rotatable bonds is 2. The van der Waals surface area contributed by atoms with Crippen molar-refractivity contribution in [2.45, 2.75) is 13.8 Å². The molecule has 0 aromatic rings. The number of halogens is 1. The van der Waals surface area contributed by atoms with E-state index in [1.807, 2.05) is 19.9 Å². The van der Waals surface area contributed by atoms with Gasteiger partial charge in [-0.3, -0.25) is 4.99 Å². The molecule has 0 fully saturated rings. The van der Waals surface area contributed by atoms with Gasteiger partial charge in [0.2, 0.25) is 0 Å². The molecule has 0 radical (unpaired) electrons. The molecule has 9 heavy (non-hydrogen) atoms. The van der Waals surface area contributed by atoms with Gasteiger partial charge in [-0.1, -0.05) is 24.3 Å². The van der Waals surface area contributed by atoms with E-state index in [1.54, 1.807) is 0 Å². The summed E-state index contributed by atoms with van der Waals surface area (Å²) in [6, 6.07) is 0. The third-order valence-electron chi connectivity index (χ3n) is 0.826. The zero-order valence-electron chi connectivity index (χ0n) is 5.69. The van der Waals surface area contributed by atoms with Crippen LogP contribution >= 0.6 is 11.6 Å². The first kappa shape index (κ1) is 8.44. The highest BCUT2D eigenvalue weighted by Crippen LogP contribution is 1.96. The van der Waals surface area contributed by atoms with Crippen LogP contribution in [0.15, 0.2) is 28.4 Å². The second-order valence-electron chi connectivity index (χ2n) is 1.64. The van der Waals surface area contributed by atoms with Crippen molar-refractivity contribution in [3.63, 3.8) is 0 Å². The summed E-state index contributed by atoms with van der Waals surface area (Å²) in [4.78, 5) is 3.95. The average Bonchev–Trinajstić information content (AvgIpc) is 1.83. The average molecular weight is 144 g/mol. The van der Waals surface area contributed by atoms with E-state index in [9.17, 15) is 0 Å². The normalized spacial score (nSPS) is 12.6. The number of hydrogen-bond donors (Lipinski definition) is 0. The van der Waals surface area contributed by atoms with E-state index in [0.717, 1.165) is 5.70 Å². The highest BCUT2D eigenvalue weighted by Gasteiger charge is 1.78. The summed E-state index contributed by atoms with van der Waals surface area (Å²) < 4.78 is 0. The summed E-state index contributed by atoms with van der Waals surface area (Å²) in [5.74, 6) is 0. The van der Waals surface area contributed by atoms with Crippen LogP contribution in [-0.4, -0.2) is 6.21 Å². The zero-order chi connectivity index (χ0) is 7.28. The Morgan fingerprint density at radius 1 is 1.67 bits per heavy atom. The monoisotopic (exact) mass is 143 g/mol. The van der Waals surface area contributed by atoms with Gasteiger partial charge < -0.3 is 0 Å². The molecule has 0 heterocycles. The van der Waals surface area contributed by atoms with Crippen molar-refractivity contribution in [2.75, 3.05) is 0 Å². The molecule has 0 aliphatic rings. The lowest BCUT2D eigenvalue weighted by Gasteiger charge is -1.85. The van der Waals surface area contributed by atoms with Crippen LogP contribution in [0.2, 0.25) is 0 Å². The Morgan fingerprint density at radius 2 is 2.22 bits per heavy atom. The number of hydrogen-bond acceptors (Lipinski definition) is 1. The Morgan fingerprint density at radius 3 is 2.56 bits per heavy atom. The van der Waals surface area contributed by atoms with Crippen LogP contribution in [0.1, 0.15) is 13.8 Å². The third kappa shape index (κ3) is 5.31. The summed E-state index contributed by atoms with van der Waals surface area (Å²) in [6.07, 6.45) is 3.42. The lowest BCUT2D eigenvalue weighted by Crippen LogP contribution is -1.71. The quantitative estimate of drug-likeness (QED) is 0.527. The summed E-state index contributed by atoms with van der Waals surface area (Å²) >= 11 is 5.41. The summed E-state index contributed by atoms with van der Waals surface area (Å²) in [6.45, 7) is 7.27. The van der Waals surface area contributed by atoms with Crippen molar-refractivity contribution in [3.05, 3.63) is 23.4 Å². The molecule has 0 aliphatic carbocycles. The second-order valence-corrected chi connectivity index (χ2v) is 2.12. The topological polar surface area (TPSA) is 12.4 Å². The van der Waals surface area contributed by atoms with Gasteiger partial charge in [0.25, 0.3) is 0 Å². The van der Waals surface area contributed by atoms with Crippen molar-refractivity contribution in [3.8, 4) is 0 Å². The SMILES string of the molecule is C=C(Cl)C=N/C(C)=C\C. The lowest BCUT2D eigenvalue weighted by molar-refractivity contribution is 1.30. The number of allylic oxidation sites excluding steroid dienone is 3. The molecule has 0 atom stereocenters. The predicted octanol–water partition coefficient (Wildman–Crippen LogP) is 2.73. The molecule has 0 saturated carbocycles. The van der Waals surface area contributed by atoms with E-state index in [1.165, 1.54) is 6.21 Å². The van der Waals surface area contributed by atoms with Gasteiger partial charge in [-0.2, -0.15) is 0 Å². The molecule has 0 aliphatic heterocycles. The molecule has 0 amide bonds. The first-order valence-electron chi connectivity index (χ1n) is 2.68. The molecular formula is C7H10ClN. The van der Waals surface area contributed by atoms with E-state index in [4.69, 9.17) is 11.6 Å². The van der Waals surface area contributed by atoms with Gasteiger partial charge in [0.1, 0.15) is 0 Å². The molecule has 0 aromatic carbocycles. The summed E-state index contributed by atoms with van der Waals surface area (Å²) in [5, 5.41) is 0.455. The standard InChI is InChI=1S/C7H10ClN/c1-4-7(3)9-5-6(2)8/h4-5H,2H2,1,3H3/b7-4-,9-5?. The smallest absolute Gasteiger partial charge is 0.0517 e. The van der Waals surface area contributed by atoms with E-state index in [2.05, 4.69) is 11.6 Å². The van der Waals surface area contributed by atoms with Gasteiger partial charge in [0.05, 0.1) is 5.03 Å². The van der Waals surface area contributed by atoms with Crippen molar-refractivity contribution >= 4 is 17.8 Å². The summed E-state index contributed by atoms with van der Waals surface area (Å²) in [5.41, 5.74) is 0.941. The molecule has 0 bridgehead atoms. The van der Waals surface area contributed by atoms with Crippen LogP contribution < -0.4 is 0 Å². The van der Waals surface area contributed by atoms with Crippen LogP contribution in [0, 0.1) is 0 Å². The van der Waals surface area contributed by atoms with Gasteiger partial charge >= 0.3 is 0 Å². The Balaban J connectivity index is 3.86. The largest absolute Gasteiger partial charge is 0.260 e. The lowest BCUT2D eigenvalue weighted by atomic mass is 10.5. The van der Waals surface area contributed by atoms with Gasteiger partial charge in [-0.05, 0) is 13.8 Å². The Labute approximate surface area is 60.7 Å². The van der Waals surface area contributed by atoms with Crippen LogP contribution in [-0.2, 0) is 0 Å². The summed E-state index contributed by atoms with van der Waals surface area (Å²) in [7, 11) is 0. The molecular weight excluding hydrogens is 134 g/mol. The molecule has 0 rings (SSSR count). The first-order chi connectivity index (χ1) is 4.16. The minimum atomic E-state index is 0.455. The highest BCUT2D eigenvalue weighted by molar-refractivity contribution is 6.38. The maximum absolute atomic E-state index is 5.41. The Hall–Kier alpha value is -0.560. The minimum Gasteiger partial charge on any atom is -0.260 e. The van der Waals surface area contributed by atoms with Crippen LogP contribution in [0.3, 0.4) is 0 Å². The fourth-order valence-corrected chi connectivity index (χ4v) is 0.295. The Kier molecular flexibility index (Phi) is 4.06. The van der Waals surface area contributed by atoms with E-state index >= 15 is 0 Å². The Bertz CT molecular complexity index is 156. The van der Waals surface area contributed by atoms with Crippen molar-refractivity contribution in [2.24, 2.45) is 4.99 Å². The molecule has 0 N–H and O–H groups in total. The molecule has 0 saturated heterocycles. The zero-order valence-corrected chi connectivity index (χ0v) is 6.44. The highest BCUT2D eigenvalue weighted by atomic mass is 35.5. The molecule has 50 valence electrons. The van der Waals surface area contributed by atoms with E-state index in [-0.39, 0.29) is 0 Å². The number of aliphatic imine (C=N–C) groups is 1. The second kappa shape index (κ2) is 4.33. The minimum absolute atomic E-state index is 0.455. The maximum atomic E-state index is 5.41. The van der Waals surface area contributed by atoms with Gasteiger partial charge in [-0.15, -0.1) is 0 Å². The fourth-order valence-electron chi connectivity index (χ4n) is 0.246. The molecule has 2 heteroatoms. The van der Waals surface area contributed by atoms with E-state index in [0.29, 0.717) is 5.03 Å². The van der Waals surface area contributed by atoms with Gasteiger partial charge in [0.15, 0.2) is 0 Å². The maximum Gasteiger partial charge on any atom is 0.0517 e. The molecule has 0 unspecified atom stereocenters.